The zero-order valence-corrected chi connectivity index (χ0v) is 12.8. The summed E-state index contributed by atoms with van der Waals surface area (Å²) in [5.41, 5.74) is 3.53. The summed E-state index contributed by atoms with van der Waals surface area (Å²) in [5, 5.41) is 7.78. The number of hydrogen-bond donors (Lipinski definition) is 1. The molecule has 116 valence electrons. The Bertz CT molecular complexity index is 825. The highest BCUT2D eigenvalue weighted by Gasteiger charge is 2.30. The summed E-state index contributed by atoms with van der Waals surface area (Å²) in [6.07, 6.45) is 2.41. The van der Waals surface area contributed by atoms with Crippen LogP contribution in [0.15, 0.2) is 54.9 Å². The molecular weight excluding hydrogens is 291 g/mol. The Kier molecular flexibility index (Phi) is 3.33. The first-order valence-corrected chi connectivity index (χ1v) is 7.69. The molecule has 1 N–H and O–H groups in total. The molecular formula is C18H17FN4. The molecule has 3 aromatic rings. The molecule has 0 radical (unpaired) electrons. The number of hydrogen-bond acceptors (Lipinski definition) is 3. The molecule has 0 amide bonds. The minimum absolute atomic E-state index is 0.0805. The van der Waals surface area contributed by atoms with Crippen molar-refractivity contribution in [3.8, 4) is 0 Å². The van der Waals surface area contributed by atoms with Gasteiger partial charge in [-0.3, -0.25) is 0 Å². The van der Waals surface area contributed by atoms with Crippen LogP contribution in [0.1, 0.15) is 35.2 Å². The highest BCUT2D eigenvalue weighted by Crippen LogP contribution is 2.38. The van der Waals surface area contributed by atoms with Gasteiger partial charge in [-0.25, -0.2) is 9.07 Å². The molecule has 0 bridgehead atoms. The summed E-state index contributed by atoms with van der Waals surface area (Å²) in [4.78, 5) is 4.32. The van der Waals surface area contributed by atoms with Crippen LogP contribution in [-0.2, 0) is 0 Å². The SMILES string of the molecule is Cc1ccccc1[C@H]1C[C@H](c2ccc(F)cc2)Nc2ncnn21. The van der Waals surface area contributed by atoms with Gasteiger partial charge >= 0.3 is 0 Å². The van der Waals surface area contributed by atoms with E-state index >= 15 is 0 Å². The number of halogens is 1. The Morgan fingerprint density at radius 1 is 1.13 bits per heavy atom. The number of aromatic nitrogens is 3. The lowest BCUT2D eigenvalue weighted by molar-refractivity contribution is 0.429. The van der Waals surface area contributed by atoms with Crippen molar-refractivity contribution in [3.63, 3.8) is 0 Å². The van der Waals surface area contributed by atoms with Crippen molar-refractivity contribution in [2.24, 2.45) is 0 Å². The highest BCUT2D eigenvalue weighted by molar-refractivity contribution is 5.39. The van der Waals surface area contributed by atoms with Crippen LogP contribution in [0.25, 0.3) is 0 Å². The van der Waals surface area contributed by atoms with Crippen molar-refractivity contribution in [2.45, 2.75) is 25.4 Å². The monoisotopic (exact) mass is 308 g/mol. The number of aryl methyl sites for hydroxylation is 1. The van der Waals surface area contributed by atoms with Crippen LogP contribution in [0.3, 0.4) is 0 Å². The zero-order valence-electron chi connectivity index (χ0n) is 12.8. The molecule has 0 spiro atoms. The Balaban J connectivity index is 1.75. The van der Waals surface area contributed by atoms with Gasteiger partial charge in [0.05, 0.1) is 12.1 Å². The molecule has 0 fully saturated rings. The van der Waals surface area contributed by atoms with Gasteiger partial charge in [-0.1, -0.05) is 36.4 Å². The summed E-state index contributed by atoms with van der Waals surface area (Å²) in [7, 11) is 0. The lowest BCUT2D eigenvalue weighted by atomic mass is 9.91. The zero-order chi connectivity index (χ0) is 15.8. The van der Waals surface area contributed by atoms with Crippen LogP contribution in [0.2, 0.25) is 0 Å². The normalized spacial score (nSPS) is 19.9. The third-order valence-electron chi connectivity index (χ3n) is 4.45. The van der Waals surface area contributed by atoms with Gasteiger partial charge in [-0.2, -0.15) is 10.1 Å². The smallest absolute Gasteiger partial charge is 0.222 e. The van der Waals surface area contributed by atoms with Gasteiger partial charge in [-0.15, -0.1) is 0 Å². The maximum Gasteiger partial charge on any atom is 0.222 e. The minimum Gasteiger partial charge on any atom is -0.348 e. The summed E-state index contributed by atoms with van der Waals surface area (Å²) in [5.74, 6) is 0.530. The standard InChI is InChI=1S/C18H17FN4/c1-12-4-2-3-5-15(12)17-10-16(13-6-8-14(19)9-7-13)22-18-20-11-21-23(17)18/h2-9,11,16-17H,10H2,1H3,(H,20,21,22)/t16-,17-/m1/s1. The molecule has 4 nitrogen and oxygen atoms in total. The van der Waals surface area contributed by atoms with E-state index in [0.717, 1.165) is 17.9 Å². The van der Waals surface area contributed by atoms with Crippen LogP contribution in [0, 0.1) is 12.7 Å². The quantitative estimate of drug-likeness (QED) is 0.781. The first-order valence-electron chi connectivity index (χ1n) is 7.69. The molecule has 0 saturated carbocycles. The Morgan fingerprint density at radius 3 is 2.70 bits per heavy atom. The number of rotatable bonds is 2. The second kappa shape index (κ2) is 5.50. The lowest BCUT2D eigenvalue weighted by Gasteiger charge is -2.32. The summed E-state index contributed by atoms with van der Waals surface area (Å²) >= 11 is 0. The van der Waals surface area contributed by atoms with E-state index in [-0.39, 0.29) is 17.9 Å². The van der Waals surface area contributed by atoms with Gasteiger partial charge in [0.15, 0.2) is 0 Å². The molecule has 0 aliphatic carbocycles. The number of benzene rings is 2. The van der Waals surface area contributed by atoms with Crippen molar-refractivity contribution in [3.05, 3.63) is 77.4 Å². The fraction of sp³-hybridized carbons (Fsp3) is 0.222. The van der Waals surface area contributed by atoms with Crippen molar-refractivity contribution >= 4 is 5.95 Å². The Morgan fingerprint density at radius 2 is 1.91 bits per heavy atom. The van der Waals surface area contributed by atoms with Crippen LogP contribution < -0.4 is 5.32 Å². The highest BCUT2D eigenvalue weighted by atomic mass is 19.1. The third kappa shape index (κ3) is 2.48. The molecule has 2 aromatic carbocycles. The topological polar surface area (TPSA) is 42.7 Å². The molecule has 23 heavy (non-hydrogen) atoms. The van der Waals surface area contributed by atoms with Crippen molar-refractivity contribution in [2.75, 3.05) is 5.32 Å². The average Bonchev–Trinajstić information content (AvgIpc) is 3.04. The first kappa shape index (κ1) is 13.9. The van der Waals surface area contributed by atoms with Crippen molar-refractivity contribution < 1.29 is 4.39 Å². The van der Waals surface area contributed by atoms with Gasteiger partial charge in [0.2, 0.25) is 5.95 Å². The van der Waals surface area contributed by atoms with Gasteiger partial charge in [0, 0.05) is 0 Å². The molecule has 1 aromatic heterocycles. The maximum absolute atomic E-state index is 13.2. The van der Waals surface area contributed by atoms with Gasteiger partial charge in [0.1, 0.15) is 12.1 Å². The van der Waals surface area contributed by atoms with Gasteiger partial charge in [-0.05, 0) is 42.2 Å². The Hall–Kier alpha value is -2.69. The fourth-order valence-electron chi connectivity index (χ4n) is 3.25. The van der Waals surface area contributed by atoms with Crippen LogP contribution in [-0.4, -0.2) is 14.8 Å². The van der Waals surface area contributed by atoms with Crippen molar-refractivity contribution in [1.82, 2.24) is 14.8 Å². The van der Waals surface area contributed by atoms with E-state index in [0.29, 0.717) is 0 Å². The third-order valence-corrected chi connectivity index (χ3v) is 4.45. The molecule has 2 heterocycles. The molecule has 0 saturated heterocycles. The van der Waals surface area contributed by atoms with Crippen LogP contribution in [0.5, 0.6) is 0 Å². The number of fused-ring (bicyclic) bond motifs is 1. The van der Waals surface area contributed by atoms with Crippen LogP contribution in [0.4, 0.5) is 10.3 Å². The number of nitrogens with one attached hydrogen (secondary N) is 1. The Labute approximate surface area is 134 Å². The minimum atomic E-state index is -0.219. The predicted octanol–water partition coefficient (Wildman–Crippen LogP) is 3.87. The molecule has 1 aliphatic heterocycles. The second-order valence-electron chi connectivity index (χ2n) is 5.88. The predicted molar refractivity (Wildman–Crippen MR) is 86.7 cm³/mol. The number of nitrogens with zero attached hydrogens (tertiary/aromatic N) is 3. The van der Waals surface area contributed by atoms with E-state index < -0.39 is 0 Å². The van der Waals surface area contributed by atoms with Gasteiger partial charge < -0.3 is 5.32 Å². The molecule has 2 atom stereocenters. The van der Waals surface area contributed by atoms with E-state index in [9.17, 15) is 4.39 Å². The molecule has 4 rings (SSSR count). The van der Waals surface area contributed by atoms with E-state index in [1.54, 1.807) is 6.33 Å². The summed E-state index contributed by atoms with van der Waals surface area (Å²) in [6.45, 7) is 2.11. The van der Waals surface area contributed by atoms with Gasteiger partial charge in [0.25, 0.3) is 0 Å². The van der Waals surface area contributed by atoms with Crippen LogP contribution >= 0.6 is 0 Å². The number of anilines is 1. The van der Waals surface area contributed by atoms with E-state index in [1.165, 1.54) is 23.3 Å². The first-order chi connectivity index (χ1) is 11.2. The lowest BCUT2D eigenvalue weighted by Crippen LogP contribution is -2.28. The summed E-state index contributed by atoms with van der Waals surface area (Å²) in [6, 6.07) is 15.2. The fourth-order valence-corrected chi connectivity index (χ4v) is 3.25. The molecule has 1 aliphatic rings. The largest absolute Gasteiger partial charge is 0.348 e. The second-order valence-corrected chi connectivity index (χ2v) is 5.88. The van der Waals surface area contributed by atoms with E-state index in [1.807, 2.05) is 28.9 Å². The molecule has 0 unspecified atom stereocenters. The molecule has 5 heteroatoms. The van der Waals surface area contributed by atoms with E-state index in [2.05, 4.69) is 34.5 Å². The van der Waals surface area contributed by atoms with Crippen molar-refractivity contribution in [1.29, 1.82) is 0 Å². The average molecular weight is 308 g/mol. The summed E-state index contributed by atoms with van der Waals surface area (Å²) < 4.78 is 15.1. The maximum atomic E-state index is 13.2. The van der Waals surface area contributed by atoms with E-state index in [4.69, 9.17) is 0 Å².